The molecule has 0 heterocycles. The molecule has 0 amide bonds. The van der Waals surface area contributed by atoms with Crippen molar-refractivity contribution in [3.63, 3.8) is 0 Å². The van der Waals surface area contributed by atoms with E-state index in [1.54, 1.807) is 11.1 Å². The van der Waals surface area contributed by atoms with Gasteiger partial charge in [-0.25, -0.2) is 0 Å². The molecule has 0 saturated heterocycles. The molecule has 2 aliphatic rings. The highest BCUT2D eigenvalue weighted by Crippen LogP contribution is 2.71. The Morgan fingerprint density at radius 1 is 0.742 bits per heavy atom. The monoisotopic (exact) mass is 466 g/mol. The molecule has 0 N–H and O–H groups in total. The molecule has 2 atom stereocenters. The summed E-state index contributed by atoms with van der Waals surface area (Å²) in [6.45, 7) is 7.55. The molecule has 0 spiro atoms. The summed E-state index contributed by atoms with van der Waals surface area (Å²) in [4.78, 5) is 0. The van der Waals surface area contributed by atoms with Gasteiger partial charge < -0.3 is 0 Å². The summed E-state index contributed by atoms with van der Waals surface area (Å²) in [6, 6.07) is 29.0. The fourth-order valence-corrected chi connectivity index (χ4v) is 7.04. The standard InChI is InChI=1S/C30H27Br/c1-29(2)24-16-17-30(29,3)28-26(20-12-8-5-9-13-20)22-15-14-21(31)18-23(22)25(27(24)28)19-10-6-4-7-11-19/h4-15,18,24H,16-17H2,1-3H3. The van der Waals surface area contributed by atoms with Crippen molar-refractivity contribution < 1.29 is 0 Å². The van der Waals surface area contributed by atoms with Crippen molar-refractivity contribution in [1.29, 1.82) is 0 Å². The normalized spacial score (nSPS) is 23.3. The third-order valence-electron chi connectivity index (χ3n) is 8.56. The molecule has 0 aromatic heterocycles. The van der Waals surface area contributed by atoms with Crippen LogP contribution in [0.15, 0.2) is 83.3 Å². The molecule has 4 aromatic carbocycles. The molecule has 2 unspecified atom stereocenters. The first-order valence-electron chi connectivity index (χ1n) is 11.3. The lowest BCUT2D eigenvalue weighted by molar-refractivity contribution is 0.231. The van der Waals surface area contributed by atoms with Crippen molar-refractivity contribution in [2.75, 3.05) is 0 Å². The SMILES string of the molecule is CC12CCC(c3c1c(-c1ccccc1)c1ccc(Br)cc1c3-c1ccccc1)C2(C)C. The van der Waals surface area contributed by atoms with E-state index in [2.05, 4.69) is 116 Å². The fourth-order valence-electron chi connectivity index (χ4n) is 6.68. The quantitative estimate of drug-likeness (QED) is 0.276. The lowest BCUT2D eigenvalue weighted by Crippen LogP contribution is -2.31. The average Bonchev–Trinajstić information content (AvgIpc) is 3.11. The Bertz CT molecular complexity index is 1320. The van der Waals surface area contributed by atoms with E-state index in [0.717, 1.165) is 4.47 Å². The second kappa shape index (κ2) is 6.56. The van der Waals surface area contributed by atoms with Crippen LogP contribution in [-0.2, 0) is 5.41 Å². The lowest BCUT2D eigenvalue weighted by Gasteiger charge is -2.37. The van der Waals surface area contributed by atoms with Gasteiger partial charge in [0, 0.05) is 4.47 Å². The number of halogens is 1. The van der Waals surface area contributed by atoms with E-state index in [0.29, 0.717) is 5.92 Å². The van der Waals surface area contributed by atoms with Gasteiger partial charge in [-0.05, 0) is 85.9 Å². The van der Waals surface area contributed by atoms with Crippen LogP contribution in [0.1, 0.15) is 50.7 Å². The second-order valence-corrected chi connectivity index (χ2v) is 11.0. The van der Waals surface area contributed by atoms with Crippen LogP contribution in [0.2, 0.25) is 0 Å². The number of benzene rings is 4. The minimum atomic E-state index is 0.184. The third-order valence-corrected chi connectivity index (χ3v) is 9.05. The number of rotatable bonds is 2. The predicted octanol–water partition coefficient (Wildman–Crippen LogP) is 9.11. The van der Waals surface area contributed by atoms with Gasteiger partial charge in [0.15, 0.2) is 0 Å². The first-order valence-corrected chi connectivity index (χ1v) is 12.1. The van der Waals surface area contributed by atoms with Crippen LogP contribution < -0.4 is 0 Å². The topological polar surface area (TPSA) is 0 Å². The van der Waals surface area contributed by atoms with Crippen LogP contribution in [0.5, 0.6) is 0 Å². The summed E-state index contributed by atoms with van der Waals surface area (Å²) in [5.74, 6) is 0.591. The zero-order valence-corrected chi connectivity index (χ0v) is 20.0. The largest absolute Gasteiger partial charge is 0.0622 e. The highest BCUT2D eigenvalue weighted by Gasteiger charge is 2.61. The maximum absolute atomic E-state index is 3.77. The molecule has 4 aromatic rings. The van der Waals surface area contributed by atoms with Crippen LogP contribution in [0.25, 0.3) is 33.0 Å². The van der Waals surface area contributed by atoms with Crippen LogP contribution in [-0.4, -0.2) is 0 Å². The van der Waals surface area contributed by atoms with Gasteiger partial charge in [-0.2, -0.15) is 0 Å². The van der Waals surface area contributed by atoms with E-state index in [1.165, 1.54) is 45.9 Å². The van der Waals surface area contributed by atoms with Gasteiger partial charge in [0.1, 0.15) is 0 Å². The molecule has 6 rings (SSSR count). The van der Waals surface area contributed by atoms with Gasteiger partial charge in [-0.3, -0.25) is 0 Å². The van der Waals surface area contributed by atoms with Gasteiger partial charge in [0.05, 0.1) is 0 Å². The Kier molecular flexibility index (Phi) is 4.09. The highest BCUT2D eigenvalue weighted by atomic mass is 79.9. The molecule has 0 radical (unpaired) electrons. The van der Waals surface area contributed by atoms with Gasteiger partial charge in [0.25, 0.3) is 0 Å². The molecule has 1 heteroatoms. The van der Waals surface area contributed by atoms with E-state index >= 15 is 0 Å². The maximum atomic E-state index is 3.77. The molecule has 2 bridgehead atoms. The van der Waals surface area contributed by atoms with Crippen molar-refractivity contribution in [1.82, 2.24) is 0 Å². The predicted molar refractivity (Wildman–Crippen MR) is 136 cm³/mol. The van der Waals surface area contributed by atoms with Crippen LogP contribution in [0.4, 0.5) is 0 Å². The van der Waals surface area contributed by atoms with Gasteiger partial charge in [-0.15, -0.1) is 0 Å². The minimum Gasteiger partial charge on any atom is -0.0622 e. The van der Waals surface area contributed by atoms with E-state index in [4.69, 9.17) is 0 Å². The molecule has 2 aliphatic carbocycles. The molecule has 0 nitrogen and oxygen atoms in total. The molecular formula is C30H27Br. The Morgan fingerprint density at radius 2 is 1.35 bits per heavy atom. The number of hydrogen-bond acceptors (Lipinski definition) is 0. The molecule has 0 aliphatic heterocycles. The Morgan fingerprint density at radius 3 is 2.00 bits per heavy atom. The van der Waals surface area contributed by atoms with Crippen molar-refractivity contribution in [2.45, 2.75) is 44.9 Å². The average molecular weight is 467 g/mol. The first kappa shape index (κ1) is 19.3. The van der Waals surface area contributed by atoms with Gasteiger partial charge in [-0.1, -0.05) is 103 Å². The van der Waals surface area contributed by atoms with Gasteiger partial charge >= 0.3 is 0 Å². The zero-order valence-electron chi connectivity index (χ0n) is 18.4. The van der Waals surface area contributed by atoms with Crippen LogP contribution >= 0.6 is 15.9 Å². The second-order valence-electron chi connectivity index (χ2n) is 10.1. The smallest absolute Gasteiger partial charge is 0.0181 e. The van der Waals surface area contributed by atoms with Crippen molar-refractivity contribution in [3.8, 4) is 22.3 Å². The molecular weight excluding hydrogens is 440 g/mol. The number of fused-ring (bicyclic) bond motifs is 6. The van der Waals surface area contributed by atoms with Gasteiger partial charge in [0.2, 0.25) is 0 Å². The van der Waals surface area contributed by atoms with Crippen LogP contribution in [0, 0.1) is 5.41 Å². The summed E-state index contributed by atoms with van der Waals surface area (Å²) in [5, 5.41) is 2.74. The van der Waals surface area contributed by atoms with E-state index in [9.17, 15) is 0 Å². The summed E-state index contributed by atoms with van der Waals surface area (Å²) in [5.41, 5.74) is 9.23. The van der Waals surface area contributed by atoms with Crippen molar-refractivity contribution >= 4 is 26.7 Å². The third kappa shape index (κ3) is 2.47. The van der Waals surface area contributed by atoms with Crippen molar-refractivity contribution in [3.05, 3.63) is 94.5 Å². The summed E-state index contributed by atoms with van der Waals surface area (Å²) in [6.07, 6.45) is 2.55. The molecule has 154 valence electrons. The lowest BCUT2D eigenvalue weighted by atomic mass is 9.67. The Balaban J connectivity index is 1.87. The van der Waals surface area contributed by atoms with Crippen molar-refractivity contribution in [2.24, 2.45) is 5.41 Å². The first-order chi connectivity index (χ1) is 14.9. The fraction of sp³-hybridized carbons (Fsp3) is 0.267. The summed E-state index contributed by atoms with van der Waals surface area (Å²) < 4.78 is 1.14. The maximum Gasteiger partial charge on any atom is 0.0181 e. The van der Waals surface area contributed by atoms with E-state index < -0.39 is 0 Å². The zero-order chi connectivity index (χ0) is 21.4. The minimum absolute atomic E-state index is 0.184. The summed E-state index contributed by atoms with van der Waals surface area (Å²) in [7, 11) is 0. The highest BCUT2D eigenvalue weighted by molar-refractivity contribution is 9.10. The summed E-state index contributed by atoms with van der Waals surface area (Å²) >= 11 is 3.77. The Hall–Kier alpha value is -2.38. The molecule has 1 saturated carbocycles. The molecule has 1 fully saturated rings. The molecule has 31 heavy (non-hydrogen) atoms. The Labute approximate surface area is 193 Å². The van der Waals surface area contributed by atoms with Crippen LogP contribution in [0.3, 0.4) is 0 Å². The van der Waals surface area contributed by atoms with E-state index in [-0.39, 0.29) is 10.8 Å². The number of hydrogen-bond donors (Lipinski definition) is 0. The van der Waals surface area contributed by atoms with E-state index in [1.807, 2.05) is 0 Å².